The molecule has 0 bridgehead atoms. The quantitative estimate of drug-likeness (QED) is 0.711. The number of hydrogen-bond donors (Lipinski definition) is 0. The molecule has 86 valence electrons. The van der Waals surface area contributed by atoms with Gasteiger partial charge in [0, 0.05) is 0 Å². The van der Waals surface area contributed by atoms with Crippen LogP contribution in [0.4, 0.5) is 0 Å². The molecule has 1 nitrogen and oxygen atoms in total. The van der Waals surface area contributed by atoms with Crippen LogP contribution in [0.15, 0.2) is 36.4 Å². The van der Waals surface area contributed by atoms with E-state index in [0.29, 0.717) is 0 Å². The fraction of sp³-hybridized carbons (Fsp3) is 0.429. The number of hydrogen-bond acceptors (Lipinski definition) is 1. The first-order valence-corrected chi connectivity index (χ1v) is 8.96. The van der Waals surface area contributed by atoms with Crippen molar-refractivity contribution in [3.8, 4) is 0 Å². The molecule has 0 aliphatic carbocycles. The van der Waals surface area contributed by atoms with Crippen LogP contribution in [0.25, 0.3) is 6.08 Å². The van der Waals surface area contributed by atoms with E-state index in [-0.39, 0.29) is 0 Å². The largest absolute Gasteiger partial charge is 0.413 e. The van der Waals surface area contributed by atoms with Crippen LogP contribution in [0.3, 0.4) is 0 Å². The molecular weight excluding hydrogens is 212 g/mol. The molecule has 2 heteroatoms. The third kappa shape index (κ3) is 3.32. The third-order valence-corrected chi connectivity index (χ3v) is 6.99. The Morgan fingerprint density at radius 1 is 1.19 bits per heavy atom. The van der Waals surface area contributed by atoms with Crippen LogP contribution in [0, 0.1) is 0 Å². The zero-order valence-corrected chi connectivity index (χ0v) is 11.0. The van der Waals surface area contributed by atoms with Crippen LogP contribution in [0.5, 0.6) is 0 Å². The van der Waals surface area contributed by atoms with Gasteiger partial charge in [0.25, 0.3) is 0 Å². The molecule has 0 amide bonds. The van der Waals surface area contributed by atoms with Gasteiger partial charge in [-0.1, -0.05) is 55.3 Å². The van der Waals surface area contributed by atoms with Gasteiger partial charge in [-0.15, -0.1) is 0 Å². The van der Waals surface area contributed by atoms with E-state index in [1.165, 1.54) is 30.5 Å². The summed E-state index contributed by atoms with van der Waals surface area (Å²) in [6.45, 7) is 3.16. The van der Waals surface area contributed by atoms with Gasteiger partial charge in [-0.2, -0.15) is 0 Å². The van der Waals surface area contributed by atoms with Crippen molar-refractivity contribution >= 4 is 14.4 Å². The average Bonchev–Trinajstić information content (AvgIpc) is 2.74. The zero-order valence-electron chi connectivity index (χ0n) is 9.99. The third-order valence-electron chi connectivity index (χ3n) is 3.30. The van der Waals surface area contributed by atoms with Crippen molar-refractivity contribution in [1.29, 1.82) is 0 Å². The highest BCUT2D eigenvalue weighted by Gasteiger charge is 2.32. The van der Waals surface area contributed by atoms with Gasteiger partial charge in [-0.25, -0.2) is 0 Å². The Kier molecular flexibility index (Phi) is 3.96. The monoisotopic (exact) mass is 232 g/mol. The SMILES string of the molecule is C[Si]1(OC/C=C/c2ccccc2)CCCC1. The minimum Gasteiger partial charge on any atom is -0.413 e. The van der Waals surface area contributed by atoms with E-state index in [4.69, 9.17) is 4.43 Å². The second-order valence-electron chi connectivity index (χ2n) is 4.78. The van der Waals surface area contributed by atoms with Crippen LogP contribution >= 0.6 is 0 Å². The summed E-state index contributed by atoms with van der Waals surface area (Å²) < 4.78 is 6.06. The van der Waals surface area contributed by atoms with Crippen molar-refractivity contribution in [1.82, 2.24) is 0 Å². The van der Waals surface area contributed by atoms with Crippen LogP contribution in [-0.2, 0) is 4.43 Å². The van der Waals surface area contributed by atoms with Crippen LogP contribution < -0.4 is 0 Å². The smallest absolute Gasteiger partial charge is 0.190 e. The number of benzene rings is 1. The lowest BCUT2D eigenvalue weighted by Crippen LogP contribution is -2.30. The van der Waals surface area contributed by atoms with E-state index < -0.39 is 8.32 Å². The standard InChI is InChI=1S/C14H20OSi/c1-16(12-5-6-13-16)15-11-7-10-14-8-3-2-4-9-14/h2-4,7-10H,5-6,11-13H2,1H3/b10-7+. The maximum Gasteiger partial charge on any atom is 0.190 e. The summed E-state index contributed by atoms with van der Waals surface area (Å²) in [6.07, 6.45) is 7.05. The van der Waals surface area contributed by atoms with Gasteiger partial charge in [-0.3, -0.25) is 0 Å². The van der Waals surface area contributed by atoms with Crippen molar-refractivity contribution in [3.05, 3.63) is 42.0 Å². The molecule has 1 fully saturated rings. The first-order chi connectivity index (χ1) is 7.79. The lowest BCUT2D eigenvalue weighted by molar-refractivity contribution is 0.352. The van der Waals surface area contributed by atoms with E-state index in [1.807, 2.05) is 6.07 Å². The second kappa shape index (κ2) is 5.46. The van der Waals surface area contributed by atoms with Crippen LogP contribution in [0.2, 0.25) is 18.6 Å². The first kappa shape index (κ1) is 11.6. The van der Waals surface area contributed by atoms with Crippen molar-refractivity contribution in [2.75, 3.05) is 6.61 Å². The van der Waals surface area contributed by atoms with Gasteiger partial charge in [-0.05, 0) is 24.2 Å². The molecule has 0 N–H and O–H groups in total. The highest BCUT2D eigenvalue weighted by atomic mass is 28.4. The Morgan fingerprint density at radius 2 is 1.88 bits per heavy atom. The van der Waals surface area contributed by atoms with E-state index in [1.54, 1.807) is 0 Å². The van der Waals surface area contributed by atoms with Gasteiger partial charge >= 0.3 is 0 Å². The zero-order chi connectivity index (χ0) is 11.3. The lowest BCUT2D eigenvalue weighted by atomic mass is 10.2. The summed E-state index contributed by atoms with van der Waals surface area (Å²) in [5, 5.41) is 0. The predicted molar refractivity (Wildman–Crippen MR) is 71.9 cm³/mol. The number of rotatable bonds is 4. The summed E-state index contributed by atoms with van der Waals surface area (Å²) in [6, 6.07) is 13.1. The first-order valence-electron chi connectivity index (χ1n) is 6.14. The van der Waals surface area contributed by atoms with Crippen molar-refractivity contribution in [2.45, 2.75) is 31.5 Å². The molecule has 1 aliphatic rings. The van der Waals surface area contributed by atoms with Crippen molar-refractivity contribution < 1.29 is 4.43 Å². The molecule has 2 rings (SSSR count). The van der Waals surface area contributed by atoms with Crippen LogP contribution in [0.1, 0.15) is 18.4 Å². The normalized spacial score (nSPS) is 19.3. The maximum absolute atomic E-state index is 6.06. The molecule has 0 spiro atoms. The molecule has 1 aromatic rings. The fourth-order valence-electron chi connectivity index (χ4n) is 2.26. The summed E-state index contributed by atoms with van der Waals surface area (Å²) in [5.74, 6) is 0. The molecule has 16 heavy (non-hydrogen) atoms. The van der Waals surface area contributed by atoms with Gasteiger partial charge in [0.1, 0.15) is 0 Å². The Morgan fingerprint density at radius 3 is 2.56 bits per heavy atom. The van der Waals surface area contributed by atoms with Crippen molar-refractivity contribution in [3.63, 3.8) is 0 Å². The average molecular weight is 232 g/mol. The van der Waals surface area contributed by atoms with Crippen LogP contribution in [-0.4, -0.2) is 14.9 Å². The highest BCUT2D eigenvalue weighted by molar-refractivity contribution is 6.73. The molecule has 1 heterocycles. The molecule has 1 aliphatic heterocycles. The minimum atomic E-state index is -1.28. The molecule has 0 unspecified atom stereocenters. The molecule has 1 aromatic carbocycles. The molecular formula is C14H20OSi. The molecule has 0 aromatic heterocycles. The Labute approximate surface area is 99.3 Å². The van der Waals surface area contributed by atoms with E-state index >= 15 is 0 Å². The lowest BCUT2D eigenvalue weighted by Gasteiger charge is -2.20. The molecule has 0 radical (unpaired) electrons. The van der Waals surface area contributed by atoms with E-state index in [9.17, 15) is 0 Å². The van der Waals surface area contributed by atoms with Gasteiger partial charge < -0.3 is 4.43 Å². The summed E-state index contributed by atoms with van der Waals surface area (Å²) in [7, 11) is -1.28. The van der Waals surface area contributed by atoms with Gasteiger partial charge in [0.2, 0.25) is 0 Å². The Balaban J connectivity index is 1.77. The van der Waals surface area contributed by atoms with E-state index in [0.717, 1.165) is 6.61 Å². The topological polar surface area (TPSA) is 9.23 Å². The predicted octanol–water partition coefficient (Wildman–Crippen LogP) is 4.09. The van der Waals surface area contributed by atoms with Gasteiger partial charge in [0.15, 0.2) is 8.32 Å². The Hall–Kier alpha value is -0.863. The second-order valence-corrected chi connectivity index (χ2v) is 8.97. The Bertz CT molecular complexity index is 339. The summed E-state index contributed by atoms with van der Waals surface area (Å²) in [5.41, 5.74) is 1.25. The van der Waals surface area contributed by atoms with Gasteiger partial charge in [0.05, 0.1) is 6.61 Å². The van der Waals surface area contributed by atoms with Crippen molar-refractivity contribution in [2.24, 2.45) is 0 Å². The fourth-order valence-corrected chi connectivity index (χ4v) is 5.30. The highest BCUT2D eigenvalue weighted by Crippen LogP contribution is 2.30. The molecule has 0 saturated carbocycles. The summed E-state index contributed by atoms with van der Waals surface area (Å²) >= 11 is 0. The summed E-state index contributed by atoms with van der Waals surface area (Å²) in [4.78, 5) is 0. The van der Waals surface area contributed by atoms with E-state index in [2.05, 4.69) is 43.0 Å². The molecule has 0 atom stereocenters. The minimum absolute atomic E-state index is 0.789. The maximum atomic E-state index is 6.06. The molecule has 1 saturated heterocycles.